The zero-order valence-corrected chi connectivity index (χ0v) is 10.6. The van der Waals surface area contributed by atoms with Crippen LogP contribution in [0.25, 0.3) is 0 Å². The quantitative estimate of drug-likeness (QED) is 0.854. The molecule has 1 aliphatic rings. The molecule has 0 radical (unpaired) electrons. The second kappa shape index (κ2) is 4.80. The van der Waals surface area contributed by atoms with Crippen LogP contribution >= 0.6 is 0 Å². The molecule has 1 aromatic rings. The average molecular weight is 247 g/mol. The molecule has 0 heterocycles. The summed E-state index contributed by atoms with van der Waals surface area (Å²) in [6, 6.07) is 4.77. The first-order chi connectivity index (χ1) is 8.47. The van der Waals surface area contributed by atoms with E-state index in [2.05, 4.69) is 5.32 Å². The molecule has 96 valence electrons. The highest BCUT2D eigenvalue weighted by molar-refractivity contribution is 5.97. The second-order valence-electron chi connectivity index (χ2n) is 5.00. The van der Waals surface area contributed by atoms with Gasteiger partial charge in [-0.1, -0.05) is 17.2 Å². The molecule has 1 fully saturated rings. The molecule has 1 unspecified atom stereocenters. The molecule has 0 aliphatic heterocycles. The summed E-state index contributed by atoms with van der Waals surface area (Å²) in [4.78, 5) is 23.1. The van der Waals surface area contributed by atoms with E-state index in [1.807, 2.05) is 19.9 Å². The first-order valence-electron chi connectivity index (χ1n) is 6.09. The minimum Gasteiger partial charge on any atom is -0.480 e. The third kappa shape index (κ3) is 2.88. The van der Waals surface area contributed by atoms with Crippen LogP contribution in [0.2, 0.25) is 0 Å². The SMILES string of the molecule is Cc1cc(C)cc(C(=O)NC(C(=O)O)C2CC2)c1. The van der Waals surface area contributed by atoms with Crippen LogP contribution in [-0.4, -0.2) is 23.0 Å². The summed E-state index contributed by atoms with van der Waals surface area (Å²) in [5.41, 5.74) is 2.52. The van der Waals surface area contributed by atoms with E-state index in [0.717, 1.165) is 24.0 Å². The fourth-order valence-electron chi connectivity index (χ4n) is 2.14. The molecule has 1 aliphatic carbocycles. The number of aryl methyl sites for hydroxylation is 2. The molecule has 1 amide bonds. The first-order valence-corrected chi connectivity index (χ1v) is 6.09. The number of amides is 1. The maximum atomic E-state index is 12.0. The lowest BCUT2D eigenvalue weighted by Gasteiger charge is -2.14. The largest absolute Gasteiger partial charge is 0.480 e. The van der Waals surface area contributed by atoms with Gasteiger partial charge in [0.2, 0.25) is 0 Å². The minimum atomic E-state index is -0.949. The summed E-state index contributed by atoms with van der Waals surface area (Å²) in [6.07, 6.45) is 1.76. The zero-order chi connectivity index (χ0) is 13.3. The van der Waals surface area contributed by atoms with E-state index < -0.39 is 12.0 Å². The molecule has 1 atom stereocenters. The van der Waals surface area contributed by atoms with Crippen LogP contribution in [0, 0.1) is 19.8 Å². The molecule has 0 spiro atoms. The van der Waals surface area contributed by atoms with E-state index in [0.29, 0.717) is 5.56 Å². The molecule has 1 saturated carbocycles. The number of aliphatic carboxylic acids is 1. The highest BCUT2D eigenvalue weighted by Gasteiger charge is 2.37. The number of hydrogen-bond acceptors (Lipinski definition) is 2. The maximum absolute atomic E-state index is 12.0. The summed E-state index contributed by atoms with van der Waals surface area (Å²) in [5, 5.41) is 11.7. The molecule has 0 aromatic heterocycles. The molecule has 0 bridgehead atoms. The topological polar surface area (TPSA) is 66.4 Å². The zero-order valence-electron chi connectivity index (χ0n) is 10.6. The lowest BCUT2D eigenvalue weighted by molar-refractivity contribution is -0.139. The second-order valence-corrected chi connectivity index (χ2v) is 5.00. The van der Waals surface area contributed by atoms with Crippen molar-refractivity contribution in [3.8, 4) is 0 Å². The van der Waals surface area contributed by atoms with Gasteiger partial charge in [-0.25, -0.2) is 4.79 Å². The summed E-state index contributed by atoms with van der Waals surface area (Å²) in [7, 11) is 0. The van der Waals surface area contributed by atoms with Gasteiger partial charge in [-0.05, 0) is 44.7 Å². The third-order valence-corrected chi connectivity index (χ3v) is 3.13. The van der Waals surface area contributed by atoms with E-state index in [1.54, 1.807) is 12.1 Å². The van der Waals surface area contributed by atoms with E-state index in [1.165, 1.54) is 0 Å². The van der Waals surface area contributed by atoms with E-state index in [9.17, 15) is 9.59 Å². The number of benzene rings is 1. The summed E-state index contributed by atoms with van der Waals surface area (Å²) in [5.74, 6) is -1.16. The van der Waals surface area contributed by atoms with Crippen molar-refractivity contribution in [2.24, 2.45) is 5.92 Å². The van der Waals surface area contributed by atoms with E-state index >= 15 is 0 Å². The monoisotopic (exact) mass is 247 g/mol. The summed E-state index contributed by atoms with van der Waals surface area (Å²) >= 11 is 0. The normalized spacial score (nSPS) is 16.1. The fourth-order valence-corrected chi connectivity index (χ4v) is 2.14. The van der Waals surface area contributed by atoms with Crippen LogP contribution in [0.1, 0.15) is 34.3 Å². The Morgan fingerprint density at radius 1 is 1.22 bits per heavy atom. The summed E-state index contributed by atoms with van der Waals surface area (Å²) < 4.78 is 0. The minimum absolute atomic E-state index is 0.0948. The Hall–Kier alpha value is -1.84. The van der Waals surface area contributed by atoms with Crippen LogP contribution in [-0.2, 0) is 4.79 Å². The number of carbonyl (C=O) groups excluding carboxylic acids is 1. The van der Waals surface area contributed by atoms with Gasteiger partial charge >= 0.3 is 5.97 Å². The Morgan fingerprint density at radius 3 is 2.22 bits per heavy atom. The lowest BCUT2D eigenvalue weighted by Crippen LogP contribution is -2.42. The van der Waals surface area contributed by atoms with Gasteiger partial charge in [-0.3, -0.25) is 4.79 Å². The van der Waals surface area contributed by atoms with Crippen LogP contribution in [0.4, 0.5) is 0 Å². The van der Waals surface area contributed by atoms with Gasteiger partial charge in [0.05, 0.1) is 0 Å². The van der Waals surface area contributed by atoms with Crippen molar-refractivity contribution in [3.63, 3.8) is 0 Å². The smallest absolute Gasteiger partial charge is 0.326 e. The number of rotatable bonds is 4. The lowest BCUT2D eigenvalue weighted by atomic mass is 10.1. The Bertz CT molecular complexity index is 472. The standard InChI is InChI=1S/C14H17NO3/c1-8-5-9(2)7-11(6-8)13(16)15-12(14(17)18)10-3-4-10/h5-7,10,12H,3-4H2,1-2H3,(H,15,16)(H,17,18). The average Bonchev–Trinajstić information content (AvgIpc) is 3.07. The van der Waals surface area contributed by atoms with Crippen LogP contribution < -0.4 is 5.32 Å². The predicted octanol–water partition coefficient (Wildman–Crippen LogP) is 1.90. The molecule has 4 nitrogen and oxygen atoms in total. The van der Waals surface area contributed by atoms with Gasteiger partial charge in [-0.2, -0.15) is 0 Å². The van der Waals surface area contributed by atoms with Crippen molar-refractivity contribution in [2.75, 3.05) is 0 Å². The van der Waals surface area contributed by atoms with Crippen LogP contribution in [0.15, 0.2) is 18.2 Å². The van der Waals surface area contributed by atoms with E-state index in [-0.39, 0.29) is 11.8 Å². The first kappa shape index (κ1) is 12.6. The highest BCUT2D eigenvalue weighted by atomic mass is 16.4. The highest BCUT2D eigenvalue weighted by Crippen LogP contribution is 2.32. The third-order valence-electron chi connectivity index (χ3n) is 3.13. The number of carboxylic acids is 1. The molecule has 2 rings (SSSR count). The van der Waals surface area contributed by atoms with Gasteiger partial charge in [0, 0.05) is 5.56 Å². The Kier molecular flexibility index (Phi) is 3.36. The van der Waals surface area contributed by atoms with Gasteiger partial charge in [0.15, 0.2) is 0 Å². The molecule has 2 N–H and O–H groups in total. The van der Waals surface area contributed by atoms with Crippen LogP contribution in [0.3, 0.4) is 0 Å². The van der Waals surface area contributed by atoms with Gasteiger partial charge in [-0.15, -0.1) is 0 Å². The number of hydrogen-bond donors (Lipinski definition) is 2. The molecular weight excluding hydrogens is 230 g/mol. The van der Waals surface area contributed by atoms with Gasteiger partial charge in [0.1, 0.15) is 6.04 Å². The Morgan fingerprint density at radius 2 is 1.78 bits per heavy atom. The molecule has 1 aromatic carbocycles. The molecule has 0 saturated heterocycles. The van der Waals surface area contributed by atoms with Crippen molar-refractivity contribution in [1.29, 1.82) is 0 Å². The van der Waals surface area contributed by atoms with Crippen molar-refractivity contribution < 1.29 is 14.7 Å². The van der Waals surface area contributed by atoms with Crippen molar-refractivity contribution in [3.05, 3.63) is 34.9 Å². The van der Waals surface area contributed by atoms with Crippen LogP contribution in [0.5, 0.6) is 0 Å². The number of nitrogens with one attached hydrogen (secondary N) is 1. The number of carbonyl (C=O) groups is 2. The molecular formula is C14H17NO3. The predicted molar refractivity (Wildman–Crippen MR) is 67.5 cm³/mol. The summed E-state index contributed by atoms with van der Waals surface area (Å²) in [6.45, 7) is 3.83. The Balaban J connectivity index is 2.13. The Labute approximate surface area is 106 Å². The molecule has 18 heavy (non-hydrogen) atoms. The van der Waals surface area contributed by atoms with E-state index in [4.69, 9.17) is 5.11 Å². The maximum Gasteiger partial charge on any atom is 0.326 e. The fraction of sp³-hybridized carbons (Fsp3) is 0.429. The van der Waals surface area contributed by atoms with Gasteiger partial charge in [0.25, 0.3) is 5.91 Å². The molecule has 4 heteroatoms. The van der Waals surface area contributed by atoms with Gasteiger partial charge < -0.3 is 10.4 Å². The van der Waals surface area contributed by atoms with Crippen molar-refractivity contribution in [2.45, 2.75) is 32.7 Å². The number of carboxylic acid groups (broad SMARTS) is 1. The van der Waals surface area contributed by atoms with Crippen molar-refractivity contribution in [1.82, 2.24) is 5.32 Å². The van der Waals surface area contributed by atoms with Crippen molar-refractivity contribution >= 4 is 11.9 Å².